The van der Waals surface area contributed by atoms with Gasteiger partial charge in [0.2, 0.25) is 70.9 Å². The number of carbonyl (C=O) groups is 16. The highest BCUT2D eigenvalue weighted by atomic mass is 16.5. The summed E-state index contributed by atoms with van der Waals surface area (Å²) in [5.41, 5.74) is 12.3. The number of phenolic OH excluding ortho intramolecular Hbond substituents is 4. The molecule has 0 saturated heterocycles. The molecule has 38 nitrogen and oxygen atoms in total. The van der Waals surface area contributed by atoms with E-state index in [1.807, 2.05) is 0 Å². The Labute approximate surface area is 660 Å². The molecule has 0 radical (unpaired) electrons. The molecule has 0 aliphatic rings. The fourth-order valence-electron chi connectivity index (χ4n) is 9.70. The lowest BCUT2D eigenvalue weighted by molar-refractivity contribution is -0.130. The first kappa shape index (κ1) is 99.5. The minimum absolute atomic E-state index is 0.0118. The fraction of sp³-hybridized carbons (Fsp3) is 0.474. The molecule has 4 aromatic rings. The zero-order chi connectivity index (χ0) is 86.3. The van der Waals surface area contributed by atoms with Gasteiger partial charge in [-0.15, -0.1) is 0 Å². The molecule has 0 unspecified atom stereocenters. The molecule has 6 atom stereocenters. The monoisotopic (exact) mass is 1600 g/mol. The van der Waals surface area contributed by atoms with Crippen LogP contribution in [0, 0.1) is 5.92 Å². The highest BCUT2D eigenvalue weighted by Gasteiger charge is 2.28. The van der Waals surface area contributed by atoms with Crippen LogP contribution in [-0.4, -0.2) is 206 Å². The highest BCUT2D eigenvalue weighted by molar-refractivity contribution is 6.02. The summed E-state index contributed by atoms with van der Waals surface area (Å²) in [6.07, 6.45) is 6.49. The fourth-order valence-corrected chi connectivity index (χ4v) is 9.70. The van der Waals surface area contributed by atoms with Gasteiger partial charge in [0.15, 0.2) is 0 Å². The summed E-state index contributed by atoms with van der Waals surface area (Å²) < 4.78 is 18.2. The second-order valence-corrected chi connectivity index (χ2v) is 25.9. The molecule has 0 aliphatic carbocycles. The first-order valence-electron chi connectivity index (χ1n) is 36.3. The minimum Gasteiger partial charge on any atom is -0.507 e. The van der Waals surface area contributed by atoms with Crippen LogP contribution in [0.3, 0.4) is 0 Å². The third-order valence-electron chi connectivity index (χ3n) is 15.9. The number of rotatable bonds is 39. The van der Waals surface area contributed by atoms with Gasteiger partial charge in [0.1, 0.15) is 69.4 Å². The van der Waals surface area contributed by atoms with Gasteiger partial charge < -0.3 is 115 Å². The van der Waals surface area contributed by atoms with Crippen molar-refractivity contribution in [3.63, 3.8) is 0 Å². The zero-order valence-corrected chi connectivity index (χ0v) is 66.4. The summed E-state index contributed by atoms with van der Waals surface area (Å²) in [5, 5.41) is 71.1. The van der Waals surface area contributed by atoms with E-state index < -0.39 is 89.7 Å². The van der Waals surface area contributed by atoms with E-state index in [1.165, 1.54) is 150 Å². The number of methoxy groups -OCH3 is 4. The van der Waals surface area contributed by atoms with Gasteiger partial charge in [0.25, 0.3) is 0 Å². The first-order chi connectivity index (χ1) is 53.7. The summed E-state index contributed by atoms with van der Waals surface area (Å²) in [5.74, 6) is -8.44. The lowest BCUT2D eigenvalue weighted by atomic mass is 10.1. The van der Waals surface area contributed by atoms with Crippen molar-refractivity contribution in [2.45, 2.75) is 176 Å². The van der Waals surface area contributed by atoms with Crippen LogP contribution in [0.25, 0.3) is 0 Å². The SMILES string of the molecule is COC(=O)c1ccc(NC(=O)[C@@H](N)CCCCNC(C)=O)cc1O.COC(=O)c1ccc(NC(=O)[C@H](CCCCNC(C)=O)NC(=O)C(C)C)cc1O.COC(=O)c1ccc(NC(=O)[C@H](CCCCNC(C)=O)NC(=O)[C@H](C)N)cc1O.COC(=O)c1ccc(NC(=O)[C@H](CCCCNC(C)=O)NC(=O)[C@H](C)NC(C)=O)cc1O. The zero-order valence-electron chi connectivity index (χ0n) is 66.4. The second kappa shape index (κ2) is 53.4. The molecular formula is C76H110N14O24. The molecule has 0 fully saturated rings. The topological polar surface area (TPSA) is 587 Å². The van der Waals surface area contributed by atoms with E-state index in [-0.39, 0.29) is 116 Å². The number of nitrogens with one attached hydrogen (secondary N) is 12. The molecule has 628 valence electrons. The predicted octanol–water partition coefficient (Wildman–Crippen LogP) is 3.00. The van der Waals surface area contributed by atoms with Crippen LogP contribution in [0.1, 0.15) is 181 Å². The number of hydrogen-bond acceptors (Lipinski definition) is 26. The van der Waals surface area contributed by atoms with E-state index in [1.54, 1.807) is 13.8 Å². The van der Waals surface area contributed by atoms with Gasteiger partial charge in [-0.25, -0.2) is 19.2 Å². The van der Waals surface area contributed by atoms with E-state index in [0.717, 1.165) is 6.42 Å². The van der Waals surface area contributed by atoms with Crippen LogP contribution in [0.4, 0.5) is 22.7 Å². The summed E-state index contributed by atoms with van der Waals surface area (Å²) in [4.78, 5) is 187. The van der Waals surface area contributed by atoms with Crippen molar-refractivity contribution < 1.29 is 116 Å². The maximum atomic E-state index is 12.8. The van der Waals surface area contributed by atoms with Crippen molar-refractivity contribution in [1.29, 1.82) is 0 Å². The van der Waals surface area contributed by atoms with Gasteiger partial charge in [0.05, 0.1) is 40.5 Å². The number of esters is 4. The van der Waals surface area contributed by atoms with Crippen molar-refractivity contribution >= 4 is 118 Å². The van der Waals surface area contributed by atoms with Gasteiger partial charge in [-0.2, -0.15) is 0 Å². The average Bonchev–Trinajstić information content (AvgIpc) is 0.859. The largest absolute Gasteiger partial charge is 0.507 e. The Morgan fingerprint density at radius 1 is 0.325 bits per heavy atom. The standard InChI is InChI=1S/C21H30N4O7.C20H29N3O6.C19H28N4O6.C16H23N3O5/c1-12(23-14(3)27)19(29)25-17(7-5-6-10-22-13(2)26)20(30)24-15-8-9-16(18(28)11-15)21(31)32-4;1-12(2)18(26)23-16(7-5-6-10-21-13(3)24)19(27)22-14-8-9-15(17(25)11-14)20(28)29-4;1-11(20)17(26)23-15(6-4-5-9-21-12(2)24)18(27)22-13-7-8-14(16(25)10-13)19(28)29-3;1-10(20)18-8-4-3-5-13(17)15(22)19-11-6-7-12(14(21)9-11)16(23)24-2/h8-9,11-12,17,28H,5-7,10H2,1-4H3,(H,22,26)(H,23,27)(H,24,30)(H,25,29);8-9,11-12,16,25H,5-7,10H2,1-4H3,(H,21,24)(H,22,27)(H,23,26);7-8,10-11,15,25H,4-6,9,20H2,1-3H3,(H,21,24)(H,22,27)(H,23,26);6-7,9,13,21H,3-5,8,17H2,1-2H3,(H,18,20)(H,19,22)/t12-,17-;16-;11-,15-;13-/m0000/s1. The quantitative estimate of drug-likeness (QED) is 0.0173. The lowest BCUT2D eigenvalue weighted by Crippen LogP contribution is -2.51. The normalized spacial score (nSPS) is 11.9. The molecule has 0 aromatic heterocycles. The predicted molar refractivity (Wildman–Crippen MR) is 418 cm³/mol. The number of unbranched alkanes of at least 4 members (excludes halogenated alkanes) is 4. The van der Waals surface area contributed by atoms with E-state index >= 15 is 0 Å². The number of anilines is 4. The van der Waals surface area contributed by atoms with Gasteiger partial charge in [0, 0.05) is 114 Å². The molecule has 38 heteroatoms. The number of ether oxygens (including phenoxy) is 4. The number of hydrogen-bond donors (Lipinski definition) is 18. The maximum absolute atomic E-state index is 12.8. The summed E-state index contributed by atoms with van der Waals surface area (Å²) >= 11 is 0. The molecule has 0 heterocycles. The van der Waals surface area contributed by atoms with Crippen LogP contribution in [0.15, 0.2) is 72.8 Å². The van der Waals surface area contributed by atoms with Crippen molar-refractivity contribution in [2.75, 3.05) is 75.9 Å². The highest BCUT2D eigenvalue weighted by Crippen LogP contribution is 2.27. The Balaban J connectivity index is 0.000000763. The third-order valence-corrected chi connectivity index (χ3v) is 15.9. The number of amides is 12. The summed E-state index contributed by atoms with van der Waals surface area (Å²) in [6, 6.07) is 11.1. The molecule has 0 bridgehead atoms. The Morgan fingerprint density at radius 3 is 0.816 bits per heavy atom. The van der Waals surface area contributed by atoms with E-state index in [4.69, 9.17) is 11.5 Å². The van der Waals surface area contributed by atoms with Crippen molar-refractivity contribution in [2.24, 2.45) is 17.4 Å². The average molecular weight is 1600 g/mol. The molecule has 4 aromatic carbocycles. The number of benzene rings is 4. The Hall–Kier alpha value is -12.5. The molecule has 0 spiro atoms. The maximum Gasteiger partial charge on any atom is 0.341 e. The molecule has 114 heavy (non-hydrogen) atoms. The number of phenols is 4. The van der Waals surface area contributed by atoms with Gasteiger partial charge in [-0.3, -0.25) is 57.5 Å². The van der Waals surface area contributed by atoms with Crippen LogP contribution in [0.5, 0.6) is 23.0 Å². The Kier molecular flexibility index (Phi) is 46.6. The molecule has 12 amide bonds. The number of aromatic hydroxyl groups is 4. The van der Waals surface area contributed by atoms with Crippen LogP contribution >= 0.6 is 0 Å². The Morgan fingerprint density at radius 2 is 0.579 bits per heavy atom. The van der Waals surface area contributed by atoms with E-state index in [2.05, 4.69) is 82.7 Å². The van der Waals surface area contributed by atoms with Gasteiger partial charge >= 0.3 is 23.9 Å². The van der Waals surface area contributed by atoms with Gasteiger partial charge in [-0.1, -0.05) is 13.8 Å². The van der Waals surface area contributed by atoms with Crippen LogP contribution in [0.2, 0.25) is 0 Å². The minimum atomic E-state index is -0.932. The van der Waals surface area contributed by atoms with Gasteiger partial charge in [-0.05, 0) is 139 Å². The smallest absolute Gasteiger partial charge is 0.341 e. The van der Waals surface area contributed by atoms with Crippen molar-refractivity contribution in [1.82, 2.24) is 42.5 Å². The lowest BCUT2D eigenvalue weighted by Gasteiger charge is -2.21. The van der Waals surface area contributed by atoms with Crippen molar-refractivity contribution in [3.05, 3.63) is 95.1 Å². The number of nitrogens with two attached hydrogens (primary N) is 2. The van der Waals surface area contributed by atoms with Crippen LogP contribution < -0.4 is 75.3 Å². The van der Waals surface area contributed by atoms with E-state index in [9.17, 15) is 97.1 Å². The van der Waals surface area contributed by atoms with Crippen LogP contribution in [-0.2, 0) is 76.5 Å². The number of carbonyl (C=O) groups excluding carboxylic acids is 16. The third kappa shape index (κ3) is 39.9. The first-order valence-corrected chi connectivity index (χ1v) is 36.3. The van der Waals surface area contributed by atoms with E-state index in [0.29, 0.717) is 96.1 Å². The molecular weight excluding hydrogens is 1490 g/mol. The van der Waals surface area contributed by atoms with Crippen molar-refractivity contribution in [3.8, 4) is 23.0 Å². The molecule has 20 N–H and O–H groups in total. The second-order valence-electron chi connectivity index (χ2n) is 25.9. The summed E-state index contributed by atoms with van der Waals surface area (Å²) in [6.45, 7) is 15.4. The molecule has 0 aliphatic heterocycles. The molecule has 0 saturated carbocycles. The summed E-state index contributed by atoms with van der Waals surface area (Å²) in [7, 11) is 4.78. The Bertz CT molecular complexity index is 3820. The molecule has 4 rings (SSSR count).